The predicted octanol–water partition coefficient (Wildman–Crippen LogP) is 0.916. The molecule has 25 heavy (non-hydrogen) atoms. The molecule has 0 saturated heterocycles. The smallest absolute Gasteiger partial charge is 0.326 e. The third kappa shape index (κ3) is 3.12. The maximum absolute atomic E-state index is 12.5. The number of ether oxygens (including phenoxy) is 1. The quantitative estimate of drug-likeness (QED) is 0.791. The van der Waals surface area contributed by atoms with Crippen molar-refractivity contribution >= 4 is 12.0 Å². The van der Waals surface area contributed by atoms with E-state index in [1.807, 2.05) is 18.2 Å². The van der Waals surface area contributed by atoms with Crippen LogP contribution in [-0.4, -0.2) is 53.3 Å². The summed E-state index contributed by atoms with van der Waals surface area (Å²) in [5.41, 5.74) is 8.99. The van der Waals surface area contributed by atoms with Crippen LogP contribution in [0, 0.1) is 0 Å². The molecule has 0 aromatic heterocycles. The number of fused-ring (bicyclic) bond motifs is 1. The number of urea groups is 1. The van der Waals surface area contributed by atoms with Crippen LogP contribution in [0.5, 0.6) is 0 Å². The lowest BCUT2D eigenvalue weighted by Gasteiger charge is -2.37. The fourth-order valence-corrected chi connectivity index (χ4v) is 3.64. The number of rotatable bonds is 4. The van der Waals surface area contributed by atoms with Gasteiger partial charge in [0, 0.05) is 13.2 Å². The van der Waals surface area contributed by atoms with E-state index in [2.05, 4.69) is 0 Å². The van der Waals surface area contributed by atoms with Gasteiger partial charge in [-0.25, -0.2) is 4.79 Å². The third-order valence-electron chi connectivity index (χ3n) is 4.91. The Morgan fingerprint density at radius 3 is 2.96 bits per heavy atom. The number of amides is 2. The van der Waals surface area contributed by atoms with Gasteiger partial charge in [-0.05, 0) is 42.0 Å². The minimum absolute atomic E-state index is 0.195. The van der Waals surface area contributed by atoms with Crippen LogP contribution < -0.4 is 5.73 Å². The first-order valence-electron chi connectivity index (χ1n) is 8.29. The largest absolute Gasteiger partial charge is 0.468 e. The minimum atomic E-state index is -0.944. The zero-order chi connectivity index (χ0) is 18.1. The van der Waals surface area contributed by atoms with Crippen LogP contribution in [0.3, 0.4) is 0 Å². The molecular formula is C18H23N3O4. The molecule has 0 spiro atoms. The number of carbonyl (C=O) groups is 2. The average Bonchev–Trinajstić information content (AvgIpc) is 3.03. The lowest BCUT2D eigenvalue weighted by atomic mass is 9.96. The van der Waals surface area contributed by atoms with Gasteiger partial charge in [-0.2, -0.15) is 0 Å². The molecule has 1 aliphatic carbocycles. The van der Waals surface area contributed by atoms with E-state index < -0.39 is 18.2 Å². The Bertz CT molecular complexity index is 718. The van der Waals surface area contributed by atoms with Crippen molar-refractivity contribution in [1.82, 2.24) is 9.80 Å². The van der Waals surface area contributed by atoms with Crippen molar-refractivity contribution in [2.45, 2.75) is 37.6 Å². The summed E-state index contributed by atoms with van der Waals surface area (Å²) >= 11 is 0. The van der Waals surface area contributed by atoms with Gasteiger partial charge >= 0.3 is 12.0 Å². The van der Waals surface area contributed by atoms with Gasteiger partial charge in [-0.15, -0.1) is 0 Å². The molecule has 3 atom stereocenters. The van der Waals surface area contributed by atoms with Gasteiger partial charge in [-0.1, -0.05) is 18.2 Å². The summed E-state index contributed by atoms with van der Waals surface area (Å²) in [7, 11) is 2.99. The second kappa shape index (κ2) is 6.85. The number of aliphatic hydroxyl groups excluding tert-OH is 1. The zero-order valence-electron chi connectivity index (χ0n) is 14.4. The van der Waals surface area contributed by atoms with Crippen LogP contribution in [0.1, 0.15) is 29.2 Å². The molecule has 134 valence electrons. The minimum Gasteiger partial charge on any atom is -0.468 e. The third-order valence-corrected chi connectivity index (χ3v) is 4.91. The van der Waals surface area contributed by atoms with Gasteiger partial charge in [0.15, 0.2) is 6.23 Å². The molecule has 2 unspecified atom stereocenters. The molecule has 1 aromatic carbocycles. The second-order valence-corrected chi connectivity index (χ2v) is 6.43. The van der Waals surface area contributed by atoms with Crippen LogP contribution in [0.15, 0.2) is 30.5 Å². The number of hydrogen-bond donors (Lipinski definition) is 2. The first-order valence-corrected chi connectivity index (χ1v) is 8.29. The molecule has 0 fully saturated rings. The molecule has 2 aliphatic rings. The average molecular weight is 345 g/mol. The summed E-state index contributed by atoms with van der Waals surface area (Å²) < 4.78 is 4.70. The first-order chi connectivity index (χ1) is 11.9. The van der Waals surface area contributed by atoms with E-state index in [1.54, 1.807) is 19.3 Å². The van der Waals surface area contributed by atoms with Crippen molar-refractivity contribution in [3.8, 4) is 0 Å². The topological polar surface area (TPSA) is 96.1 Å². The van der Waals surface area contributed by atoms with Gasteiger partial charge in [0.25, 0.3) is 0 Å². The number of benzene rings is 1. The van der Waals surface area contributed by atoms with E-state index in [-0.39, 0.29) is 12.1 Å². The number of esters is 1. The molecule has 3 rings (SSSR count). The van der Waals surface area contributed by atoms with Gasteiger partial charge in [0.05, 0.1) is 13.2 Å². The Labute approximate surface area is 146 Å². The van der Waals surface area contributed by atoms with E-state index in [9.17, 15) is 14.7 Å². The summed E-state index contributed by atoms with van der Waals surface area (Å²) in [6.07, 6.45) is 4.11. The van der Waals surface area contributed by atoms with Crippen molar-refractivity contribution in [2.75, 3.05) is 14.2 Å². The number of methoxy groups -OCH3 is 1. The maximum atomic E-state index is 12.5. The number of nitrogens with zero attached hydrogens (tertiary/aromatic N) is 2. The van der Waals surface area contributed by atoms with Crippen molar-refractivity contribution in [3.63, 3.8) is 0 Å². The van der Waals surface area contributed by atoms with Crippen LogP contribution >= 0.6 is 0 Å². The molecule has 7 heteroatoms. The monoisotopic (exact) mass is 345 g/mol. The highest BCUT2D eigenvalue weighted by Crippen LogP contribution is 2.39. The normalized spacial score (nSPS) is 23.6. The highest BCUT2D eigenvalue weighted by atomic mass is 16.5. The van der Waals surface area contributed by atoms with E-state index in [1.165, 1.54) is 16.9 Å². The molecule has 2 amide bonds. The Morgan fingerprint density at radius 1 is 1.48 bits per heavy atom. The molecule has 0 saturated carbocycles. The summed E-state index contributed by atoms with van der Waals surface area (Å²) in [6, 6.07) is 4.68. The lowest BCUT2D eigenvalue weighted by molar-refractivity contribution is -0.142. The summed E-state index contributed by atoms with van der Waals surface area (Å²) in [5.74, 6) is -0.444. The maximum Gasteiger partial charge on any atom is 0.326 e. The van der Waals surface area contributed by atoms with Gasteiger partial charge in [0.2, 0.25) is 0 Å². The van der Waals surface area contributed by atoms with Crippen molar-refractivity contribution < 1.29 is 19.4 Å². The Hall–Kier alpha value is -2.38. The summed E-state index contributed by atoms with van der Waals surface area (Å²) in [5, 5.41) is 10.3. The number of aliphatic hydroxyl groups is 1. The van der Waals surface area contributed by atoms with Crippen molar-refractivity contribution in [3.05, 3.63) is 47.2 Å². The first kappa shape index (κ1) is 17.4. The van der Waals surface area contributed by atoms with Crippen LogP contribution in [-0.2, 0) is 22.4 Å². The second-order valence-electron chi connectivity index (χ2n) is 6.43. The Balaban J connectivity index is 1.89. The van der Waals surface area contributed by atoms with E-state index in [0.717, 1.165) is 29.5 Å². The number of carbonyl (C=O) groups excluding carboxylic acids is 2. The Morgan fingerprint density at radius 2 is 2.24 bits per heavy atom. The zero-order valence-corrected chi connectivity index (χ0v) is 14.4. The molecule has 1 aliphatic heterocycles. The van der Waals surface area contributed by atoms with Gasteiger partial charge in [0.1, 0.15) is 6.04 Å². The molecule has 0 radical (unpaired) electrons. The van der Waals surface area contributed by atoms with Crippen LogP contribution in [0.25, 0.3) is 0 Å². The van der Waals surface area contributed by atoms with Crippen LogP contribution in [0.2, 0.25) is 0 Å². The lowest BCUT2D eigenvalue weighted by Crippen LogP contribution is -2.49. The fourth-order valence-electron chi connectivity index (χ4n) is 3.64. The number of hydrogen-bond acceptors (Lipinski definition) is 5. The van der Waals surface area contributed by atoms with E-state index >= 15 is 0 Å². The summed E-state index contributed by atoms with van der Waals surface area (Å²) in [4.78, 5) is 27.0. The molecule has 3 N–H and O–H groups in total. The fraction of sp³-hybridized carbons (Fsp3) is 0.444. The van der Waals surface area contributed by atoms with E-state index in [0.29, 0.717) is 6.42 Å². The highest BCUT2D eigenvalue weighted by molar-refractivity contribution is 5.78. The molecule has 0 bridgehead atoms. The van der Waals surface area contributed by atoms with Crippen molar-refractivity contribution in [2.24, 2.45) is 5.73 Å². The van der Waals surface area contributed by atoms with Gasteiger partial charge in [-0.3, -0.25) is 9.69 Å². The SMILES string of the molecule is COC(=O)[C@@H](N)Cc1cccc2c1CCC2N1C(=O)N(C)C=CC1O. The highest BCUT2D eigenvalue weighted by Gasteiger charge is 2.38. The van der Waals surface area contributed by atoms with Crippen LogP contribution in [0.4, 0.5) is 4.79 Å². The number of nitrogens with two attached hydrogens (primary N) is 1. The molecule has 1 aromatic rings. The molecule has 1 heterocycles. The Kier molecular flexibility index (Phi) is 4.78. The predicted molar refractivity (Wildman–Crippen MR) is 91.3 cm³/mol. The summed E-state index contributed by atoms with van der Waals surface area (Å²) in [6.45, 7) is 0. The molecular weight excluding hydrogens is 322 g/mol. The van der Waals surface area contributed by atoms with Gasteiger partial charge < -0.3 is 20.5 Å². The van der Waals surface area contributed by atoms with Crippen molar-refractivity contribution in [1.29, 1.82) is 0 Å². The molecule has 7 nitrogen and oxygen atoms in total. The standard InChI is InChI=1S/C18H23N3O4/c1-20-9-8-16(22)21(18(20)24)15-7-6-12-11(4-3-5-13(12)15)10-14(19)17(23)25-2/h3-5,8-9,14-16,22H,6-7,10,19H2,1-2H3/t14-,15?,16?/m0/s1. The van der Waals surface area contributed by atoms with E-state index in [4.69, 9.17) is 10.5 Å².